The Kier molecular flexibility index (Phi) is 29.4. The van der Waals surface area contributed by atoms with Crippen molar-refractivity contribution in [3.63, 3.8) is 0 Å². The van der Waals surface area contributed by atoms with Crippen LogP contribution in [-0.4, -0.2) is 0 Å². The first kappa shape index (κ1) is 27.4. The van der Waals surface area contributed by atoms with Crippen LogP contribution in [0.25, 0.3) is 0 Å². The molecule has 0 aliphatic carbocycles. The molecule has 0 amide bonds. The van der Waals surface area contributed by atoms with E-state index in [1.165, 1.54) is 0 Å². The van der Waals surface area contributed by atoms with Crippen molar-refractivity contribution >= 4 is 13.5 Å². The number of para-hydroxylation sites is 1. The minimum Gasteiger partial charge on any atom is -0.822 e. The van der Waals surface area contributed by atoms with Crippen molar-refractivity contribution in [2.75, 3.05) is 5.73 Å². The number of rotatable bonds is 0. The zero-order chi connectivity index (χ0) is 9.61. The van der Waals surface area contributed by atoms with Gasteiger partial charge in [-0.1, -0.05) is 18.2 Å². The fraction of sp³-hybridized carbons (Fsp3) is 0. The number of hydrogen-bond acceptors (Lipinski definition) is 5. The van der Waals surface area contributed by atoms with Crippen molar-refractivity contribution in [3.8, 4) is 0 Å². The van der Waals surface area contributed by atoms with Gasteiger partial charge < -0.3 is 25.0 Å². The molecule has 1 rings (SSSR count). The molecule has 9 heteroatoms. The molecule has 0 aliphatic rings. The summed E-state index contributed by atoms with van der Waals surface area (Å²) in [6, 6.07) is 9.49. The second kappa shape index (κ2) is 16.1. The Morgan fingerprint density at radius 3 is 1.33 bits per heavy atom. The van der Waals surface area contributed by atoms with Crippen molar-refractivity contribution in [1.29, 1.82) is 0 Å². The molecule has 0 heterocycles. The molecule has 15 heavy (non-hydrogen) atoms. The third-order valence-electron chi connectivity index (χ3n) is 0.800. The summed E-state index contributed by atoms with van der Waals surface area (Å²) in [5.41, 5.74) is 6.18. The minimum atomic E-state index is -5.39. The quantitative estimate of drug-likeness (QED) is 0.290. The van der Waals surface area contributed by atoms with Gasteiger partial charge in [0.2, 0.25) is 0 Å². The maximum Gasteiger partial charge on any atom is 1.00 e. The van der Waals surface area contributed by atoms with Gasteiger partial charge in [-0.25, -0.2) is 0 Å². The van der Waals surface area contributed by atoms with Gasteiger partial charge in [0, 0.05) is 5.69 Å². The van der Waals surface area contributed by atoms with Crippen LogP contribution < -0.4 is 175 Å². The van der Waals surface area contributed by atoms with Crippen LogP contribution in [0.3, 0.4) is 0 Å². The van der Waals surface area contributed by atoms with E-state index in [9.17, 15) is 0 Å². The molecule has 0 aliphatic heterocycles. The maximum absolute atomic E-state index is 8.55. The van der Waals surface area contributed by atoms with Crippen LogP contribution in [-0.2, 0) is 4.57 Å². The molecule has 0 unspecified atom stereocenters. The Bertz CT molecular complexity index is 260. The third kappa shape index (κ3) is 32.0. The molecular formula is C6H7K3NO4P. The summed E-state index contributed by atoms with van der Waals surface area (Å²) < 4.78 is 8.55. The van der Waals surface area contributed by atoms with Gasteiger partial charge in [0.25, 0.3) is 0 Å². The van der Waals surface area contributed by atoms with E-state index in [1.54, 1.807) is 0 Å². The van der Waals surface area contributed by atoms with Gasteiger partial charge in [0.05, 0.1) is 0 Å². The smallest absolute Gasteiger partial charge is 0.822 e. The Morgan fingerprint density at radius 2 is 1.20 bits per heavy atom. The molecule has 0 atom stereocenters. The molecule has 1 aromatic rings. The molecule has 0 radical (unpaired) electrons. The van der Waals surface area contributed by atoms with Crippen LogP contribution in [0.4, 0.5) is 5.69 Å². The topological polar surface area (TPSA) is 112 Å². The maximum atomic E-state index is 8.55. The number of phosphoric acid groups is 1. The standard InChI is InChI=1S/C6H7N.3K.H3O4P/c7-6-4-2-1-3-5-6;;;;1-5(2,3)4/h1-5H,7H2;;;;(H3,1,2,3,4)/q;3*+1;/p-3. The van der Waals surface area contributed by atoms with E-state index >= 15 is 0 Å². The first-order valence-electron chi connectivity index (χ1n) is 2.93. The number of nitrogen functional groups attached to an aromatic ring is 1. The fourth-order valence-electron chi connectivity index (χ4n) is 0.453. The SMILES string of the molecule is Nc1ccccc1.O=P([O-])([O-])[O-].[K+].[K+].[K+]. The summed E-state index contributed by atoms with van der Waals surface area (Å²) in [5.74, 6) is 0. The third-order valence-corrected chi connectivity index (χ3v) is 0.800. The monoisotopic (exact) mass is 305 g/mol. The molecular weight excluding hydrogens is 298 g/mol. The van der Waals surface area contributed by atoms with Gasteiger partial charge in [-0.3, -0.25) is 0 Å². The van der Waals surface area contributed by atoms with Crippen LogP contribution in [0.5, 0.6) is 0 Å². The largest absolute Gasteiger partial charge is 1.00 e. The van der Waals surface area contributed by atoms with Gasteiger partial charge in [0.1, 0.15) is 0 Å². The minimum absolute atomic E-state index is 0. The molecule has 0 saturated heterocycles. The van der Waals surface area contributed by atoms with E-state index in [1.807, 2.05) is 30.3 Å². The van der Waals surface area contributed by atoms with E-state index in [-0.39, 0.29) is 154 Å². The van der Waals surface area contributed by atoms with Crippen molar-refractivity contribution < 1.29 is 173 Å². The van der Waals surface area contributed by atoms with Crippen molar-refractivity contribution in [2.45, 2.75) is 0 Å². The summed E-state index contributed by atoms with van der Waals surface area (Å²) in [6.07, 6.45) is 0. The Hall–Kier alpha value is 4.04. The van der Waals surface area contributed by atoms with Crippen molar-refractivity contribution in [3.05, 3.63) is 30.3 Å². The van der Waals surface area contributed by atoms with Crippen LogP contribution in [0.2, 0.25) is 0 Å². The van der Waals surface area contributed by atoms with Crippen molar-refractivity contribution in [2.24, 2.45) is 0 Å². The molecule has 0 fully saturated rings. The van der Waals surface area contributed by atoms with Crippen molar-refractivity contribution in [1.82, 2.24) is 0 Å². The molecule has 1 aromatic carbocycles. The number of nitrogens with two attached hydrogens (primary N) is 1. The Balaban J connectivity index is -0.0000000701. The molecule has 2 N–H and O–H groups in total. The van der Waals surface area contributed by atoms with Gasteiger partial charge in [0.15, 0.2) is 0 Å². The Morgan fingerprint density at radius 1 is 0.933 bits per heavy atom. The van der Waals surface area contributed by atoms with Crippen LogP contribution >= 0.6 is 7.82 Å². The molecule has 0 bridgehead atoms. The average molecular weight is 305 g/mol. The van der Waals surface area contributed by atoms with E-state index < -0.39 is 7.82 Å². The summed E-state index contributed by atoms with van der Waals surface area (Å²) in [6.45, 7) is 0. The van der Waals surface area contributed by atoms with E-state index in [2.05, 4.69) is 0 Å². The molecule has 5 nitrogen and oxygen atoms in total. The van der Waals surface area contributed by atoms with Gasteiger partial charge in [-0.05, 0) is 12.1 Å². The van der Waals surface area contributed by atoms with E-state index in [4.69, 9.17) is 25.0 Å². The first-order valence-corrected chi connectivity index (χ1v) is 4.39. The zero-order valence-electron chi connectivity index (χ0n) is 9.04. The van der Waals surface area contributed by atoms with Crippen LogP contribution in [0.1, 0.15) is 0 Å². The molecule has 0 aromatic heterocycles. The van der Waals surface area contributed by atoms with E-state index in [0.29, 0.717) is 0 Å². The van der Waals surface area contributed by atoms with Crippen LogP contribution in [0.15, 0.2) is 30.3 Å². The summed E-state index contributed by atoms with van der Waals surface area (Å²) in [5, 5.41) is 0. The second-order valence-electron chi connectivity index (χ2n) is 1.86. The molecule has 0 spiro atoms. The summed E-state index contributed by atoms with van der Waals surface area (Å²) in [4.78, 5) is 25.6. The van der Waals surface area contributed by atoms with Gasteiger partial charge in [-0.2, -0.15) is 7.82 Å². The van der Waals surface area contributed by atoms with Gasteiger partial charge in [-0.15, -0.1) is 0 Å². The molecule has 0 saturated carbocycles. The number of anilines is 1. The first-order chi connectivity index (χ1) is 5.39. The average Bonchev–Trinajstić information content (AvgIpc) is 1.85. The van der Waals surface area contributed by atoms with E-state index in [0.717, 1.165) is 5.69 Å². The summed E-state index contributed by atoms with van der Waals surface area (Å²) in [7, 11) is -5.39. The second-order valence-corrected chi connectivity index (χ2v) is 2.75. The number of benzene rings is 1. The zero-order valence-corrected chi connectivity index (χ0v) is 19.3. The normalized spacial score (nSPS) is 7.93. The fourth-order valence-corrected chi connectivity index (χ4v) is 0.453. The number of hydrogen-bond donors (Lipinski definition) is 1. The predicted octanol–water partition coefficient (Wildman–Crippen LogP) is -10.5. The predicted molar refractivity (Wildman–Crippen MR) is 38.5 cm³/mol. The summed E-state index contributed by atoms with van der Waals surface area (Å²) >= 11 is 0. The molecule has 68 valence electrons. The Labute approximate surface area is 216 Å². The van der Waals surface area contributed by atoms with Crippen LogP contribution in [0, 0.1) is 0 Å². The van der Waals surface area contributed by atoms with Gasteiger partial charge >= 0.3 is 154 Å².